The molecule has 2 aromatic rings. The minimum atomic E-state index is -0.311. The van der Waals surface area contributed by atoms with Crippen LogP contribution >= 0.6 is 15.9 Å². The predicted molar refractivity (Wildman–Crippen MR) is 69.5 cm³/mol. The molecular formula is C13H12BrFN2O. The van der Waals surface area contributed by atoms with Gasteiger partial charge in [-0.15, -0.1) is 0 Å². The molecular weight excluding hydrogens is 299 g/mol. The van der Waals surface area contributed by atoms with Gasteiger partial charge in [0.1, 0.15) is 5.82 Å². The molecule has 1 saturated carbocycles. The summed E-state index contributed by atoms with van der Waals surface area (Å²) in [4.78, 5) is 0. The van der Waals surface area contributed by atoms with Crippen molar-refractivity contribution in [2.45, 2.75) is 25.4 Å². The monoisotopic (exact) mass is 310 g/mol. The second-order valence-corrected chi connectivity index (χ2v) is 5.38. The van der Waals surface area contributed by atoms with Gasteiger partial charge in [0.25, 0.3) is 0 Å². The van der Waals surface area contributed by atoms with Crippen molar-refractivity contribution in [3.05, 3.63) is 40.2 Å². The van der Waals surface area contributed by atoms with E-state index in [1.54, 1.807) is 18.3 Å². The Morgan fingerprint density at radius 1 is 1.44 bits per heavy atom. The Hall–Kier alpha value is -1.20. The molecule has 1 aromatic carbocycles. The Morgan fingerprint density at radius 3 is 3.00 bits per heavy atom. The molecule has 0 amide bonds. The Balaban J connectivity index is 1.88. The van der Waals surface area contributed by atoms with Gasteiger partial charge in [-0.1, -0.05) is 21.1 Å². The molecule has 0 unspecified atom stereocenters. The average molecular weight is 311 g/mol. The largest absolute Gasteiger partial charge is 0.356 e. The first-order chi connectivity index (χ1) is 8.74. The highest BCUT2D eigenvalue weighted by Gasteiger charge is 2.22. The summed E-state index contributed by atoms with van der Waals surface area (Å²) in [7, 11) is 0. The molecule has 0 bridgehead atoms. The zero-order valence-electron chi connectivity index (χ0n) is 9.62. The maximum Gasteiger partial charge on any atom is 0.174 e. The summed E-state index contributed by atoms with van der Waals surface area (Å²) in [6, 6.07) is 5.51. The molecule has 0 spiro atoms. The second kappa shape index (κ2) is 4.82. The van der Waals surface area contributed by atoms with E-state index in [-0.39, 0.29) is 5.82 Å². The molecule has 0 saturated heterocycles. The molecule has 5 heteroatoms. The fraction of sp³-hybridized carbons (Fsp3) is 0.308. The first kappa shape index (κ1) is 11.9. The van der Waals surface area contributed by atoms with Crippen LogP contribution in [0.25, 0.3) is 11.3 Å². The van der Waals surface area contributed by atoms with Crippen LogP contribution in [-0.4, -0.2) is 11.2 Å². The van der Waals surface area contributed by atoms with Gasteiger partial charge in [-0.25, -0.2) is 4.39 Å². The zero-order chi connectivity index (χ0) is 12.5. The van der Waals surface area contributed by atoms with Gasteiger partial charge < -0.3 is 9.84 Å². The molecule has 1 aromatic heterocycles. The summed E-state index contributed by atoms with van der Waals surface area (Å²) in [5.41, 5.74) is 1.34. The van der Waals surface area contributed by atoms with Crippen molar-refractivity contribution >= 4 is 15.9 Å². The van der Waals surface area contributed by atoms with E-state index in [4.69, 9.17) is 4.52 Å². The maximum atomic E-state index is 13.9. The number of rotatable bonds is 4. The number of nitrogens with zero attached hydrogens (tertiary/aromatic N) is 1. The molecule has 1 fully saturated rings. The molecule has 0 atom stereocenters. The van der Waals surface area contributed by atoms with Gasteiger partial charge in [-0.2, -0.15) is 0 Å². The van der Waals surface area contributed by atoms with Crippen molar-refractivity contribution < 1.29 is 8.91 Å². The van der Waals surface area contributed by atoms with Gasteiger partial charge in [0.2, 0.25) is 0 Å². The minimum Gasteiger partial charge on any atom is -0.356 e. The van der Waals surface area contributed by atoms with Gasteiger partial charge in [-0.3, -0.25) is 0 Å². The van der Waals surface area contributed by atoms with E-state index in [9.17, 15) is 4.39 Å². The van der Waals surface area contributed by atoms with E-state index in [2.05, 4.69) is 26.4 Å². The summed E-state index contributed by atoms with van der Waals surface area (Å²) in [5.74, 6) is 0.196. The van der Waals surface area contributed by atoms with Gasteiger partial charge >= 0.3 is 0 Å². The lowest BCUT2D eigenvalue weighted by Gasteiger charge is -2.04. The highest BCUT2D eigenvalue weighted by atomic mass is 79.9. The van der Waals surface area contributed by atoms with Crippen LogP contribution in [0.3, 0.4) is 0 Å². The summed E-state index contributed by atoms with van der Waals surface area (Å²) in [6.07, 6.45) is 4.08. The number of nitrogens with one attached hydrogen (secondary N) is 1. The Labute approximate surface area is 112 Å². The normalized spacial score (nSPS) is 15.0. The van der Waals surface area contributed by atoms with E-state index in [0.717, 1.165) is 5.56 Å². The van der Waals surface area contributed by atoms with Gasteiger partial charge in [0, 0.05) is 22.6 Å². The smallest absolute Gasteiger partial charge is 0.174 e. The summed E-state index contributed by atoms with van der Waals surface area (Å²) < 4.78 is 19.8. The van der Waals surface area contributed by atoms with Crippen LogP contribution in [0.5, 0.6) is 0 Å². The van der Waals surface area contributed by atoms with Crippen LogP contribution in [0.4, 0.5) is 4.39 Å². The van der Waals surface area contributed by atoms with Crippen LogP contribution in [0, 0.1) is 5.82 Å². The molecule has 94 valence electrons. The van der Waals surface area contributed by atoms with E-state index in [1.807, 2.05) is 0 Å². The number of halogens is 2. The van der Waals surface area contributed by atoms with Crippen LogP contribution < -0.4 is 5.32 Å². The summed E-state index contributed by atoms with van der Waals surface area (Å²) in [5, 5.41) is 7.14. The first-order valence-corrected chi connectivity index (χ1v) is 6.65. The fourth-order valence-electron chi connectivity index (χ4n) is 1.82. The Morgan fingerprint density at radius 2 is 2.28 bits per heavy atom. The Bertz CT molecular complexity index is 566. The molecule has 0 radical (unpaired) electrons. The van der Waals surface area contributed by atoms with Crippen molar-refractivity contribution in [2.75, 3.05) is 0 Å². The molecule has 1 N–H and O–H groups in total. The van der Waals surface area contributed by atoms with Crippen molar-refractivity contribution in [1.82, 2.24) is 10.5 Å². The molecule has 3 rings (SSSR count). The number of hydrogen-bond acceptors (Lipinski definition) is 3. The molecule has 0 aliphatic heterocycles. The number of hydrogen-bond donors (Lipinski definition) is 1. The molecule has 18 heavy (non-hydrogen) atoms. The van der Waals surface area contributed by atoms with Crippen molar-refractivity contribution in [3.8, 4) is 11.3 Å². The van der Waals surface area contributed by atoms with E-state index < -0.39 is 0 Å². The zero-order valence-corrected chi connectivity index (χ0v) is 11.2. The van der Waals surface area contributed by atoms with Crippen molar-refractivity contribution in [1.29, 1.82) is 0 Å². The third-order valence-corrected chi connectivity index (χ3v) is 3.47. The SMILES string of the molecule is Fc1cc(Br)ccc1-c1oncc1CNC1CC1. The number of benzene rings is 1. The lowest BCUT2D eigenvalue weighted by atomic mass is 10.1. The van der Waals surface area contributed by atoms with Crippen LogP contribution in [-0.2, 0) is 6.54 Å². The Kier molecular flexibility index (Phi) is 3.18. The predicted octanol–water partition coefficient (Wildman–Crippen LogP) is 3.50. The fourth-order valence-corrected chi connectivity index (χ4v) is 2.16. The second-order valence-electron chi connectivity index (χ2n) is 4.46. The lowest BCUT2D eigenvalue weighted by Crippen LogP contribution is -2.15. The van der Waals surface area contributed by atoms with Crippen LogP contribution in [0.15, 0.2) is 33.4 Å². The lowest BCUT2D eigenvalue weighted by molar-refractivity contribution is 0.429. The summed E-state index contributed by atoms with van der Waals surface area (Å²) >= 11 is 3.24. The highest BCUT2D eigenvalue weighted by Crippen LogP contribution is 2.29. The third-order valence-electron chi connectivity index (χ3n) is 2.98. The standard InChI is InChI=1S/C13H12BrFN2O/c14-9-1-4-11(12(15)5-9)13-8(7-17-18-13)6-16-10-2-3-10/h1,4-5,7,10,16H,2-3,6H2. The topological polar surface area (TPSA) is 38.1 Å². The average Bonchev–Trinajstić information content (AvgIpc) is 3.06. The first-order valence-electron chi connectivity index (χ1n) is 5.86. The number of aromatic nitrogens is 1. The maximum absolute atomic E-state index is 13.9. The van der Waals surface area contributed by atoms with Gasteiger partial charge in [0.05, 0.1) is 11.8 Å². The van der Waals surface area contributed by atoms with Crippen LogP contribution in [0.1, 0.15) is 18.4 Å². The quantitative estimate of drug-likeness (QED) is 0.939. The van der Waals surface area contributed by atoms with Crippen molar-refractivity contribution in [2.24, 2.45) is 0 Å². The van der Waals surface area contributed by atoms with E-state index >= 15 is 0 Å². The highest BCUT2D eigenvalue weighted by molar-refractivity contribution is 9.10. The van der Waals surface area contributed by atoms with Gasteiger partial charge in [0.15, 0.2) is 5.76 Å². The minimum absolute atomic E-state index is 0.311. The molecule has 1 aliphatic carbocycles. The third kappa shape index (κ3) is 2.47. The van der Waals surface area contributed by atoms with Gasteiger partial charge in [-0.05, 0) is 31.0 Å². The molecule has 1 heterocycles. The van der Waals surface area contributed by atoms with Crippen LogP contribution in [0.2, 0.25) is 0 Å². The summed E-state index contributed by atoms with van der Waals surface area (Å²) in [6.45, 7) is 0.666. The van der Waals surface area contributed by atoms with Crippen molar-refractivity contribution in [3.63, 3.8) is 0 Å². The van der Waals surface area contributed by atoms with E-state index in [1.165, 1.54) is 18.9 Å². The van der Waals surface area contributed by atoms with E-state index in [0.29, 0.717) is 28.4 Å². The molecule has 3 nitrogen and oxygen atoms in total. The molecule has 1 aliphatic rings.